The molecule has 0 aromatic carbocycles. The van der Waals surface area contributed by atoms with Gasteiger partial charge in [0, 0.05) is 5.92 Å². The summed E-state index contributed by atoms with van der Waals surface area (Å²) in [5, 5.41) is 17.4. The van der Waals surface area contributed by atoms with Crippen molar-refractivity contribution in [3.05, 3.63) is 12.2 Å². The van der Waals surface area contributed by atoms with Crippen molar-refractivity contribution < 1.29 is 19.8 Å². The van der Waals surface area contributed by atoms with Gasteiger partial charge in [-0.25, -0.2) is 0 Å². The molecule has 2 N–H and O–H groups in total. The molecule has 1 unspecified atom stereocenters. The third-order valence-electron chi connectivity index (χ3n) is 2.25. The lowest BCUT2D eigenvalue weighted by Crippen LogP contribution is -2.30. The summed E-state index contributed by atoms with van der Waals surface area (Å²) < 4.78 is 0. The van der Waals surface area contributed by atoms with Crippen LogP contribution in [0.2, 0.25) is 0 Å². The third-order valence-corrected chi connectivity index (χ3v) is 2.25. The lowest BCUT2D eigenvalue weighted by molar-refractivity contribution is -0.156. The van der Waals surface area contributed by atoms with Gasteiger partial charge in [0.1, 0.15) is 0 Å². The molecule has 0 saturated heterocycles. The summed E-state index contributed by atoms with van der Waals surface area (Å²) in [6.45, 7) is 0. The Balaban J connectivity index is 2.74. The van der Waals surface area contributed by atoms with Crippen LogP contribution in [0.3, 0.4) is 0 Å². The highest BCUT2D eigenvalue weighted by atomic mass is 16.4. The summed E-state index contributed by atoms with van der Waals surface area (Å²) in [4.78, 5) is 21.3. The first-order chi connectivity index (χ1) is 6.13. The van der Waals surface area contributed by atoms with E-state index in [0.29, 0.717) is 6.42 Å². The summed E-state index contributed by atoms with van der Waals surface area (Å²) in [6.07, 6.45) is 6.00. The molecule has 0 spiro atoms. The number of carboxylic acid groups (broad SMARTS) is 2. The number of carboxylic acids is 2. The second kappa shape index (κ2) is 4.07. The number of rotatable bonds is 3. The molecular weight excluding hydrogens is 172 g/mol. The molecule has 4 nitrogen and oxygen atoms in total. The van der Waals surface area contributed by atoms with Crippen LogP contribution in [-0.2, 0) is 9.59 Å². The van der Waals surface area contributed by atoms with E-state index in [1.54, 1.807) is 6.08 Å². The molecule has 0 heterocycles. The smallest absolute Gasteiger partial charge is 0.318 e. The van der Waals surface area contributed by atoms with Crippen molar-refractivity contribution in [1.29, 1.82) is 0 Å². The molecule has 0 amide bonds. The van der Waals surface area contributed by atoms with Crippen molar-refractivity contribution in [3.63, 3.8) is 0 Å². The maximum atomic E-state index is 10.6. The van der Waals surface area contributed by atoms with Gasteiger partial charge in [0.15, 0.2) is 5.92 Å². The standard InChI is InChI=1S/C9H12O4/c10-8(11)7(9(12)13)6-4-2-1-3-5-6/h2,4,6-7H,1,3,5H2,(H,10,11)(H,12,13). The minimum atomic E-state index is -1.28. The normalized spacial score (nSPS) is 21.8. The lowest BCUT2D eigenvalue weighted by atomic mass is 9.84. The minimum absolute atomic E-state index is 0.344. The van der Waals surface area contributed by atoms with Gasteiger partial charge in [-0.2, -0.15) is 0 Å². The average molecular weight is 184 g/mol. The van der Waals surface area contributed by atoms with E-state index < -0.39 is 17.9 Å². The third kappa shape index (κ3) is 2.31. The van der Waals surface area contributed by atoms with E-state index in [9.17, 15) is 9.59 Å². The topological polar surface area (TPSA) is 74.6 Å². The highest BCUT2D eigenvalue weighted by Gasteiger charge is 2.33. The van der Waals surface area contributed by atoms with E-state index in [0.717, 1.165) is 12.8 Å². The van der Waals surface area contributed by atoms with Gasteiger partial charge in [0.2, 0.25) is 0 Å². The van der Waals surface area contributed by atoms with Crippen LogP contribution >= 0.6 is 0 Å². The second-order valence-electron chi connectivity index (χ2n) is 3.18. The molecule has 0 aliphatic heterocycles. The molecule has 13 heavy (non-hydrogen) atoms. The lowest BCUT2D eigenvalue weighted by Gasteiger charge is -2.19. The van der Waals surface area contributed by atoms with Crippen LogP contribution in [0.15, 0.2) is 12.2 Å². The van der Waals surface area contributed by atoms with Crippen LogP contribution in [0.25, 0.3) is 0 Å². The summed E-state index contributed by atoms with van der Waals surface area (Å²) in [5.41, 5.74) is 0. The number of hydrogen-bond donors (Lipinski definition) is 2. The van der Waals surface area contributed by atoms with E-state index in [-0.39, 0.29) is 5.92 Å². The fraction of sp³-hybridized carbons (Fsp3) is 0.556. The van der Waals surface area contributed by atoms with Crippen molar-refractivity contribution in [2.45, 2.75) is 19.3 Å². The number of aliphatic carboxylic acids is 2. The first kappa shape index (κ1) is 9.77. The average Bonchev–Trinajstić information content (AvgIpc) is 2.04. The number of carbonyl (C=O) groups is 2. The van der Waals surface area contributed by atoms with Gasteiger partial charge < -0.3 is 10.2 Å². The van der Waals surface area contributed by atoms with Crippen LogP contribution in [-0.4, -0.2) is 22.2 Å². The molecule has 0 fully saturated rings. The van der Waals surface area contributed by atoms with Crippen LogP contribution < -0.4 is 0 Å². The van der Waals surface area contributed by atoms with Crippen LogP contribution in [0.4, 0.5) is 0 Å². The Morgan fingerprint density at radius 3 is 2.31 bits per heavy atom. The largest absolute Gasteiger partial charge is 0.481 e. The SMILES string of the molecule is O=C(O)C(C(=O)O)C1C=CCCC1. The Morgan fingerprint density at radius 2 is 1.92 bits per heavy atom. The fourth-order valence-corrected chi connectivity index (χ4v) is 1.59. The summed E-state index contributed by atoms with van der Waals surface area (Å²) in [6, 6.07) is 0. The molecule has 72 valence electrons. The molecule has 1 aliphatic rings. The van der Waals surface area contributed by atoms with Crippen molar-refractivity contribution in [1.82, 2.24) is 0 Å². The molecule has 0 bridgehead atoms. The Labute approximate surface area is 75.9 Å². The van der Waals surface area contributed by atoms with E-state index in [4.69, 9.17) is 10.2 Å². The zero-order valence-corrected chi connectivity index (χ0v) is 7.14. The summed E-state index contributed by atoms with van der Waals surface area (Å²) in [7, 11) is 0. The molecule has 1 aliphatic carbocycles. The predicted molar refractivity (Wildman–Crippen MR) is 45.2 cm³/mol. The zero-order chi connectivity index (χ0) is 9.84. The first-order valence-electron chi connectivity index (χ1n) is 4.25. The van der Waals surface area contributed by atoms with E-state index in [1.165, 1.54) is 0 Å². The molecular formula is C9H12O4. The molecule has 0 aromatic rings. The number of hydrogen-bond acceptors (Lipinski definition) is 2. The Kier molecular flexibility index (Phi) is 3.06. The monoisotopic (exact) mass is 184 g/mol. The van der Waals surface area contributed by atoms with E-state index >= 15 is 0 Å². The highest BCUT2D eigenvalue weighted by Crippen LogP contribution is 2.25. The molecule has 4 heteroatoms. The van der Waals surface area contributed by atoms with Crippen molar-refractivity contribution in [3.8, 4) is 0 Å². The zero-order valence-electron chi connectivity index (χ0n) is 7.14. The summed E-state index contributed by atoms with van der Waals surface area (Å²) >= 11 is 0. The van der Waals surface area contributed by atoms with Crippen LogP contribution in [0.5, 0.6) is 0 Å². The Hall–Kier alpha value is -1.32. The van der Waals surface area contributed by atoms with Crippen molar-refractivity contribution in [2.24, 2.45) is 11.8 Å². The Bertz CT molecular complexity index is 230. The molecule has 1 rings (SSSR count). The minimum Gasteiger partial charge on any atom is -0.481 e. The predicted octanol–water partition coefficient (Wildman–Crippen LogP) is 1.13. The maximum absolute atomic E-state index is 10.6. The maximum Gasteiger partial charge on any atom is 0.318 e. The van der Waals surface area contributed by atoms with Crippen molar-refractivity contribution in [2.75, 3.05) is 0 Å². The second-order valence-corrected chi connectivity index (χ2v) is 3.18. The van der Waals surface area contributed by atoms with E-state index in [2.05, 4.69) is 0 Å². The van der Waals surface area contributed by atoms with E-state index in [1.807, 2.05) is 6.08 Å². The van der Waals surface area contributed by atoms with Gasteiger partial charge in [0.05, 0.1) is 0 Å². The van der Waals surface area contributed by atoms with Crippen LogP contribution in [0, 0.1) is 11.8 Å². The number of allylic oxidation sites excluding steroid dienone is 2. The van der Waals surface area contributed by atoms with Crippen LogP contribution in [0.1, 0.15) is 19.3 Å². The quantitative estimate of drug-likeness (QED) is 0.509. The molecule has 1 atom stereocenters. The van der Waals surface area contributed by atoms with Gasteiger partial charge in [-0.3, -0.25) is 9.59 Å². The van der Waals surface area contributed by atoms with Crippen molar-refractivity contribution >= 4 is 11.9 Å². The molecule has 0 aromatic heterocycles. The van der Waals surface area contributed by atoms with Gasteiger partial charge in [-0.05, 0) is 19.3 Å². The van der Waals surface area contributed by atoms with Gasteiger partial charge >= 0.3 is 11.9 Å². The molecule has 0 radical (unpaired) electrons. The highest BCUT2D eigenvalue weighted by molar-refractivity contribution is 5.93. The summed E-state index contributed by atoms with van der Waals surface area (Å²) in [5.74, 6) is -4.12. The molecule has 0 saturated carbocycles. The van der Waals surface area contributed by atoms with Gasteiger partial charge in [-0.15, -0.1) is 0 Å². The van der Waals surface area contributed by atoms with Gasteiger partial charge in [0.25, 0.3) is 0 Å². The Morgan fingerprint density at radius 1 is 1.31 bits per heavy atom. The van der Waals surface area contributed by atoms with Gasteiger partial charge in [-0.1, -0.05) is 12.2 Å². The first-order valence-corrected chi connectivity index (χ1v) is 4.25. The fourth-order valence-electron chi connectivity index (χ4n) is 1.59.